The molecule has 0 spiro atoms. The van der Waals surface area contributed by atoms with E-state index in [0.717, 1.165) is 10.9 Å². The summed E-state index contributed by atoms with van der Waals surface area (Å²) in [4.78, 5) is 11.7. The molecule has 1 heterocycles. The molecule has 1 unspecified atom stereocenters. The van der Waals surface area contributed by atoms with Crippen molar-refractivity contribution in [3.05, 3.63) is 30.0 Å². The second-order valence-corrected chi connectivity index (χ2v) is 4.45. The molecule has 0 aliphatic heterocycles. The third-order valence-corrected chi connectivity index (χ3v) is 2.81. The number of carbonyl (C=O) groups excluding carboxylic acids is 1. The van der Waals surface area contributed by atoms with Crippen LogP contribution in [0.5, 0.6) is 5.75 Å². The van der Waals surface area contributed by atoms with Gasteiger partial charge in [0.05, 0.1) is 25.9 Å². The third kappa shape index (κ3) is 3.26. The van der Waals surface area contributed by atoms with Gasteiger partial charge in [-0.1, -0.05) is 0 Å². The lowest BCUT2D eigenvalue weighted by Gasteiger charge is -2.06. The van der Waals surface area contributed by atoms with Crippen LogP contribution >= 0.6 is 0 Å². The van der Waals surface area contributed by atoms with E-state index in [4.69, 9.17) is 14.3 Å². The highest BCUT2D eigenvalue weighted by molar-refractivity contribution is 5.88. The Morgan fingerprint density at radius 2 is 2.32 bits per heavy atom. The van der Waals surface area contributed by atoms with Gasteiger partial charge in [-0.3, -0.25) is 4.79 Å². The molecule has 1 aromatic carbocycles. The minimum atomic E-state index is -0.547. The van der Waals surface area contributed by atoms with Gasteiger partial charge < -0.3 is 19.6 Å². The monoisotopic (exact) mass is 263 g/mol. The van der Waals surface area contributed by atoms with E-state index in [-0.39, 0.29) is 18.9 Å². The fraction of sp³-hybridized carbons (Fsp3) is 0.357. The average molecular weight is 263 g/mol. The molecule has 5 heteroatoms. The Morgan fingerprint density at radius 3 is 3.00 bits per heavy atom. The quantitative estimate of drug-likeness (QED) is 0.857. The van der Waals surface area contributed by atoms with E-state index >= 15 is 0 Å². The van der Waals surface area contributed by atoms with E-state index in [9.17, 15) is 4.79 Å². The number of nitrogens with one attached hydrogen (secondary N) is 1. The summed E-state index contributed by atoms with van der Waals surface area (Å²) in [6, 6.07) is 5.48. The number of hydrogen-bond acceptors (Lipinski definition) is 4. The van der Waals surface area contributed by atoms with Gasteiger partial charge in [0.25, 0.3) is 0 Å². The minimum Gasteiger partial charge on any atom is -0.497 e. The number of rotatable bonds is 5. The molecular weight excluding hydrogens is 246 g/mol. The SMILES string of the molecule is COc1ccc2c(CC(=O)NCC(C)O)coc2c1. The fourth-order valence-electron chi connectivity index (χ4n) is 1.82. The summed E-state index contributed by atoms with van der Waals surface area (Å²) in [5.74, 6) is 0.575. The van der Waals surface area contributed by atoms with Gasteiger partial charge in [0, 0.05) is 23.6 Å². The zero-order chi connectivity index (χ0) is 13.8. The van der Waals surface area contributed by atoms with E-state index in [1.807, 2.05) is 12.1 Å². The van der Waals surface area contributed by atoms with Crippen molar-refractivity contribution in [1.82, 2.24) is 5.32 Å². The first-order valence-corrected chi connectivity index (χ1v) is 6.09. The predicted octanol–water partition coefficient (Wildman–Crippen LogP) is 1.48. The maximum atomic E-state index is 11.7. The number of benzene rings is 1. The summed E-state index contributed by atoms with van der Waals surface area (Å²) in [6.45, 7) is 1.88. The molecule has 0 radical (unpaired) electrons. The highest BCUT2D eigenvalue weighted by Gasteiger charge is 2.11. The summed E-state index contributed by atoms with van der Waals surface area (Å²) >= 11 is 0. The maximum absolute atomic E-state index is 11.7. The molecule has 0 saturated heterocycles. The summed E-state index contributed by atoms with van der Waals surface area (Å²) in [6.07, 6.45) is 1.26. The lowest BCUT2D eigenvalue weighted by Crippen LogP contribution is -2.31. The molecule has 5 nitrogen and oxygen atoms in total. The first-order valence-electron chi connectivity index (χ1n) is 6.09. The van der Waals surface area contributed by atoms with E-state index in [1.165, 1.54) is 0 Å². The molecule has 1 amide bonds. The van der Waals surface area contributed by atoms with Crippen molar-refractivity contribution in [3.63, 3.8) is 0 Å². The van der Waals surface area contributed by atoms with E-state index in [0.29, 0.717) is 11.3 Å². The van der Waals surface area contributed by atoms with Gasteiger partial charge in [-0.2, -0.15) is 0 Å². The number of fused-ring (bicyclic) bond motifs is 1. The first-order chi connectivity index (χ1) is 9.10. The fourth-order valence-corrected chi connectivity index (χ4v) is 1.82. The number of aliphatic hydroxyl groups is 1. The summed E-state index contributed by atoms with van der Waals surface area (Å²) in [7, 11) is 1.59. The molecule has 0 saturated carbocycles. The molecule has 0 fully saturated rings. The Morgan fingerprint density at radius 1 is 1.53 bits per heavy atom. The molecular formula is C14H17NO4. The van der Waals surface area contributed by atoms with Crippen LogP contribution in [-0.2, 0) is 11.2 Å². The largest absolute Gasteiger partial charge is 0.497 e. The van der Waals surface area contributed by atoms with E-state index < -0.39 is 6.10 Å². The average Bonchev–Trinajstić information content (AvgIpc) is 2.78. The van der Waals surface area contributed by atoms with Crippen LogP contribution in [0.25, 0.3) is 11.0 Å². The maximum Gasteiger partial charge on any atom is 0.224 e. The molecule has 2 aromatic rings. The highest BCUT2D eigenvalue weighted by atomic mass is 16.5. The van der Waals surface area contributed by atoms with Gasteiger partial charge >= 0.3 is 0 Å². The molecule has 102 valence electrons. The first kappa shape index (κ1) is 13.4. The van der Waals surface area contributed by atoms with Crippen molar-refractivity contribution < 1.29 is 19.1 Å². The molecule has 1 aromatic heterocycles. The van der Waals surface area contributed by atoms with Gasteiger partial charge in [0.15, 0.2) is 0 Å². The lowest BCUT2D eigenvalue weighted by atomic mass is 10.1. The molecule has 1 atom stereocenters. The number of ether oxygens (including phenoxy) is 1. The Hall–Kier alpha value is -2.01. The number of aliphatic hydroxyl groups excluding tert-OH is 1. The van der Waals surface area contributed by atoms with Crippen molar-refractivity contribution in [2.45, 2.75) is 19.4 Å². The van der Waals surface area contributed by atoms with Crippen LogP contribution < -0.4 is 10.1 Å². The molecule has 2 rings (SSSR count). The van der Waals surface area contributed by atoms with Gasteiger partial charge in [-0.25, -0.2) is 0 Å². The Bertz CT molecular complexity index is 574. The van der Waals surface area contributed by atoms with E-state index in [1.54, 1.807) is 26.4 Å². The number of hydrogen-bond donors (Lipinski definition) is 2. The van der Waals surface area contributed by atoms with Crippen LogP contribution in [0.3, 0.4) is 0 Å². The van der Waals surface area contributed by atoms with Crippen molar-refractivity contribution >= 4 is 16.9 Å². The number of amides is 1. The number of furan rings is 1. The Balaban J connectivity index is 2.11. The van der Waals surface area contributed by atoms with Crippen molar-refractivity contribution in [1.29, 1.82) is 0 Å². The lowest BCUT2D eigenvalue weighted by molar-refractivity contribution is -0.120. The molecule has 0 aliphatic rings. The summed E-state index contributed by atoms with van der Waals surface area (Å²) < 4.78 is 10.5. The standard InChI is InChI=1S/C14H17NO4/c1-9(16)7-15-14(17)5-10-8-19-13-6-11(18-2)3-4-12(10)13/h3-4,6,8-9,16H,5,7H2,1-2H3,(H,15,17). The summed E-state index contributed by atoms with van der Waals surface area (Å²) in [5.41, 5.74) is 1.51. The van der Waals surface area contributed by atoms with Gasteiger partial charge in [-0.15, -0.1) is 0 Å². The topological polar surface area (TPSA) is 71.7 Å². The van der Waals surface area contributed by atoms with Crippen LogP contribution in [-0.4, -0.2) is 30.8 Å². The molecule has 0 bridgehead atoms. The second kappa shape index (κ2) is 5.75. The smallest absolute Gasteiger partial charge is 0.224 e. The zero-order valence-corrected chi connectivity index (χ0v) is 11.0. The minimum absolute atomic E-state index is 0.139. The van der Waals surface area contributed by atoms with Gasteiger partial charge in [-0.05, 0) is 19.1 Å². The third-order valence-electron chi connectivity index (χ3n) is 2.81. The van der Waals surface area contributed by atoms with Crippen molar-refractivity contribution in [2.24, 2.45) is 0 Å². The Labute approximate surface area is 111 Å². The zero-order valence-electron chi connectivity index (χ0n) is 11.0. The van der Waals surface area contributed by atoms with Gasteiger partial charge in [0.2, 0.25) is 5.91 Å². The molecule has 0 aliphatic carbocycles. The van der Waals surface area contributed by atoms with Crippen LogP contribution in [0.15, 0.2) is 28.9 Å². The van der Waals surface area contributed by atoms with Crippen molar-refractivity contribution in [2.75, 3.05) is 13.7 Å². The van der Waals surface area contributed by atoms with Crippen LogP contribution in [0.2, 0.25) is 0 Å². The molecule has 2 N–H and O–H groups in total. The van der Waals surface area contributed by atoms with Crippen LogP contribution in [0.1, 0.15) is 12.5 Å². The van der Waals surface area contributed by atoms with Crippen LogP contribution in [0, 0.1) is 0 Å². The summed E-state index contributed by atoms with van der Waals surface area (Å²) in [5, 5.41) is 12.7. The Kier molecular flexibility index (Phi) is 4.06. The highest BCUT2D eigenvalue weighted by Crippen LogP contribution is 2.25. The number of carbonyl (C=O) groups is 1. The predicted molar refractivity (Wildman–Crippen MR) is 71.2 cm³/mol. The molecule has 19 heavy (non-hydrogen) atoms. The second-order valence-electron chi connectivity index (χ2n) is 4.45. The van der Waals surface area contributed by atoms with Crippen molar-refractivity contribution in [3.8, 4) is 5.75 Å². The van der Waals surface area contributed by atoms with Gasteiger partial charge in [0.1, 0.15) is 11.3 Å². The van der Waals surface area contributed by atoms with Crippen LogP contribution in [0.4, 0.5) is 0 Å². The normalized spacial score (nSPS) is 12.4. The number of methoxy groups -OCH3 is 1. The van der Waals surface area contributed by atoms with E-state index in [2.05, 4.69) is 5.32 Å².